The SMILES string of the molecule is CCCCS(=O)(=O)NCCCCCC(C)O. The van der Waals surface area contributed by atoms with Gasteiger partial charge in [-0.3, -0.25) is 0 Å². The topological polar surface area (TPSA) is 66.4 Å². The van der Waals surface area contributed by atoms with Crippen LogP contribution in [0.25, 0.3) is 0 Å². The molecule has 0 aliphatic carbocycles. The van der Waals surface area contributed by atoms with Crippen molar-refractivity contribution in [1.82, 2.24) is 4.72 Å². The minimum atomic E-state index is -3.05. The Morgan fingerprint density at radius 2 is 1.88 bits per heavy atom. The standard InChI is InChI=1S/C11H25NO3S/c1-3-4-10-16(14,15)12-9-7-5-6-8-11(2)13/h11-13H,3-10H2,1-2H3. The third-order valence-corrected chi connectivity index (χ3v) is 3.86. The normalized spacial score (nSPS) is 13.9. The number of aliphatic hydroxyl groups excluding tert-OH is 1. The molecule has 0 amide bonds. The van der Waals surface area contributed by atoms with E-state index in [1.807, 2.05) is 6.92 Å². The lowest BCUT2D eigenvalue weighted by Gasteiger charge is -2.06. The van der Waals surface area contributed by atoms with E-state index in [2.05, 4.69) is 4.72 Å². The molecule has 0 aromatic carbocycles. The lowest BCUT2D eigenvalue weighted by molar-refractivity contribution is 0.180. The van der Waals surface area contributed by atoms with E-state index in [1.54, 1.807) is 6.92 Å². The van der Waals surface area contributed by atoms with Gasteiger partial charge in [0, 0.05) is 6.54 Å². The molecule has 0 aliphatic rings. The molecule has 0 saturated heterocycles. The molecule has 1 unspecified atom stereocenters. The molecule has 0 radical (unpaired) electrons. The summed E-state index contributed by atoms with van der Waals surface area (Å²) < 4.78 is 25.4. The van der Waals surface area contributed by atoms with E-state index < -0.39 is 10.0 Å². The third-order valence-electron chi connectivity index (χ3n) is 2.39. The van der Waals surface area contributed by atoms with E-state index in [9.17, 15) is 8.42 Å². The molecule has 0 aromatic heterocycles. The first-order valence-corrected chi connectivity index (χ1v) is 7.78. The van der Waals surface area contributed by atoms with Gasteiger partial charge in [0.05, 0.1) is 11.9 Å². The Labute approximate surface area is 99.5 Å². The Morgan fingerprint density at radius 3 is 2.44 bits per heavy atom. The first-order chi connectivity index (χ1) is 7.48. The predicted octanol–water partition coefficient (Wildman–Crippen LogP) is 1.65. The van der Waals surface area contributed by atoms with E-state index >= 15 is 0 Å². The number of sulfonamides is 1. The van der Waals surface area contributed by atoms with Crippen LogP contribution in [0.5, 0.6) is 0 Å². The van der Waals surface area contributed by atoms with Crippen LogP contribution in [0.15, 0.2) is 0 Å². The molecule has 1 atom stereocenters. The summed E-state index contributed by atoms with van der Waals surface area (Å²) >= 11 is 0. The zero-order valence-corrected chi connectivity index (χ0v) is 11.2. The molecular weight excluding hydrogens is 226 g/mol. The fourth-order valence-corrected chi connectivity index (χ4v) is 2.64. The van der Waals surface area contributed by atoms with Crippen molar-refractivity contribution < 1.29 is 13.5 Å². The monoisotopic (exact) mass is 251 g/mol. The maximum atomic E-state index is 11.4. The highest BCUT2D eigenvalue weighted by Gasteiger charge is 2.07. The van der Waals surface area contributed by atoms with Gasteiger partial charge in [-0.05, 0) is 26.2 Å². The second-order valence-corrected chi connectivity index (χ2v) is 6.19. The highest BCUT2D eigenvalue weighted by molar-refractivity contribution is 7.89. The summed E-state index contributed by atoms with van der Waals surface area (Å²) in [4.78, 5) is 0. The Morgan fingerprint density at radius 1 is 1.19 bits per heavy atom. The second-order valence-electron chi connectivity index (χ2n) is 4.27. The molecule has 0 saturated carbocycles. The van der Waals surface area contributed by atoms with Gasteiger partial charge in [-0.15, -0.1) is 0 Å². The fourth-order valence-electron chi connectivity index (χ4n) is 1.38. The molecular formula is C11H25NO3S. The van der Waals surface area contributed by atoms with Crippen molar-refractivity contribution in [1.29, 1.82) is 0 Å². The van der Waals surface area contributed by atoms with Crippen LogP contribution >= 0.6 is 0 Å². The second kappa shape index (κ2) is 8.96. The summed E-state index contributed by atoms with van der Waals surface area (Å²) in [7, 11) is -3.05. The van der Waals surface area contributed by atoms with Crippen LogP contribution in [0, 0.1) is 0 Å². The molecule has 0 bridgehead atoms. The molecule has 98 valence electrons. The summed E-state index contributed by atoms with van der Waals surface area (Å²) in [5.41, 5.74) is 0. The molecule has 16 heavy (non-hydrogen) atoms. The average molecular weight is 251 g/mol. The Hall–Kier alpha value is -0.130. The highest BCUT2D eigenvalue weighted by Crippen LogP contribution is 2.02. The molecule has 0 spiro atoms. The lowest BCUT2D eigenvalue weighted by Crippen LogP contribution is -2.27. The van der Waals surface area contributed by atoms with Crippen LogP contribution in [0.4, 0.5) is 0 Å². The van der Waals surface area contributed by atoms with Gasteiger partial charge in [0.2, 0.25) is 10.0 Å². The molecule has 0 fully saturated rings. The van der Waals surface area contributed by atoms with Crippen molar-refractivity contribution in [3.05, 3.63) is 0 Å². The Kier molecular flexibility index (Phi) is 8.89. The van der Waals surface area contributed by atoms with Crippen molar-refractivity contribution in [3.63, 3.8) is 0 Å². The van der Waals surface area contributed by atoms with Gasteiger partial charge < -0.3 is 5.11 Å². The summed E-state index contributed by atoms with van der Waals surface area (Å²) in [5, 5.41) is 9.02. The van der Waals surface area contributed by atoms with Crippen LogP contribution in [-0.4, -0.2) is 31.9 Å². The van der Waals surface area contributed by atoms with Crippen molar-refractivity contribution in [2.24, 2.45) is 0 Å². The quantitative estimate of drug-likeness (QED) is 0.580. The number of hydrogen-bond donors (Lipinski definition) is 2. The van der Waals surface area contributed by atoms with Crippen molar-refractivity contribution in [3.8, 4) is 0 Å². The molecule has 0 rings (SSSR count). The Balaban J connectivity index is 3.43. The van der Waals surface area contributed by atoms with Crippen LogP contribution in [-0.2, 0) is 10.0 Å². The third kappa shape index (κ3) is 10.4. The van der Waals surface area contributed by atoms with Gasteiger partial charge in [0.15, 0.2) is 0 Å². The van der Waals surface area contributed by atoms with Gasteiger partial charge in [-0.1, -0.05) is 26.2 Å². The van der Waals surface area contributed by atoms with Crippen molar-refractivity contribution >= 4 is 10.0 Å². The fraction of sp³-hybridized carbons (Fsp3) is 1.00. The number of unbranched alkanes of at least 4 members (excludes halogenated alkanes) is 3. The maximum Gasteiger partial charge on any atom is 0.211 e. The maximum absolute atomic E-state index is 11.4. The van der Waals surface area contributed by atoms with Crippen LogP contribution in [0.2, 0.25) is 0 Å². The minimum absolute atomic E-state index is 0.233. The minimum Gasteiger partial charge on any atom is -0.393 e. The molecule has 2 N–H and O–H groups in total. The summed E-state index contributed by atoms with van der Waals surface area (Å²) in [6.45, 7) is 4.27. The van der Waals surface area contributed by atoms with Gasteiger partial charge in [0.25, 0.3) is 0 Å². The van der Waals surface area contributed by atoms with Crippen LogP contribution in [0.1, 0.15) is 52.4 Å². The predicted molar refractivity (Wildman–Crippen MR) is 66.8 cm³/mol. The largest absolute Gasteiger partial charge is 0.393 e. The molecule has 4 nitrogen and oxygen atoms in total. The van der Waals surface area contributed by atoms with Gasteiger partial charge in [-0.2, -0.15) is 0 Å². The molecule has 0 aliphatic heterocycles. The highest BCUT2D eigenvalue weighted by atomic mass is 32.2. The van der Waals surface area contributed by atoms with Crippen molar-refractivity contribution in [2.75, 3.05) is 12.3 Å². The Bertz CT molecular complexity index is 250. The van der Waals surface area contributed by atoms with Crippen LogP contribution in [0.3, 0.4) is 0 Å². The van der Waals surface area contributed by atoms with E-state index in [4.69, 9.17) is 5.11 Å². The number of hydrogen-bond acceptors (Lipinski definition) is 3. The van der Waals surface area contributed by atoms with E-state index in [0.29, 0.717) is 6.54 Å². The first-order valence-electron chi connectivity index (χ1n) is 6.13. The van der Waals surface area contributed by atoms with Gasteiger partial charge in [0.1, 0.15) is 0 Å². The molecule has 0 aromatic rings. The van der Waals surface area contributed by atoms with Crippen molar-refractivity contribution in [2.45, 2.75) is 58.5 Å². The zero-order valence-electron chi connectivity index (χ0n) is 10.4. The smallest absolute Gasteiger partial charge is 0.211 e. The average Bonchev–Trinajstić information content (AvgIpc) is 2.20. The van der Waals surface area contributed by atoms with E-state index in [0.717, 1.165) is 38.5 Å². The van der Waals surface area contributed by atoms with Crippen LogP contribution < -0.4 is 4.72 Å². The van der Waals surface area contributed by atoms with Gasteiger partial charge in [-0.25, -0.2) is 13.1 Å². The van der Waals surface area contributed by atoms with Gasteiger partial charge >= 0.3 is 0 Å². The molecule has 5 heteroatoms. The number of nitrogens with one attached hydrogen (secondary N) is 1. The summed E-state index contributed by atoms with van der Waals surface area (Å²) in [5.74, 6) is 0.233. The summed E-state index contributed by atoms with van der Waals surface area (Å²) in [6, 6.07) is 0. The zero-order chi connectivity index (χ0) is 12.4. The first kappa shape index (κ1) is 15.9. The molecule has 0 heterocycles. The van der Waals surface area contributed by atoms with E-state index in [-0.39, 0.29) is 11.9 Å². The number of aliphatic hydroxyl groups is 1. The van der Waals surface area contributed by atoms with E-state index in [1.165, 1.54) is 0 Å². The lowest BCUT2D eigenvalue weighted by atomic mass is 10.1. The summed E-state index contributed by atoms with van der Waals surface area (Å²) in [6.07, 6.45) is 4.92. The number of rotatable bonds is 10.